The summed E-state index contributed by atoms with van der Waals surface area (Å²) in [5, 5.41) is 8.22. The molecule has 25 heavy (non-hydrogen) atoms. The van der Waals surface area contributed by atoms with E-state index in [2.05, 4.69) is 17.3 Å². The Morgan fingerprint density at radius 3 is 2.68 bits per heavy atom. The lowest BCUT2D eigenvalue weighted by atomic mass is 10.2. The van der Waals surface area contributed by atoms with Crippen LogP contribution >= 0.6 is 12.2 Å². The number of carbonyl (C=O) groups is 1. The molecule has 0 aliphatic heterocycles. The SMILES string of the molecule is CCCNC(=S)N(C)c1nn(Cc2ccccc2)cc1C(=O)OCC. The van der Waals surface area contributed by atoms with Gasteiger partial charge in [-0.2, -0.15) is 5.10 Å². The standard InChI is InChI=1S/C18H24N4O2S/c1-4-11-19-18(25)21(3)16-15(17(23)24-5-2)13-22(20-16)12-14-9-7-6-8-10-14/h6-10,13H,4-5,11-12H2,1-3H3,(H,19,25). The van der Waals surface area contributed by atoms with Gasteiger partial charge >= 0.3 is 5.97 Å². The first-order chi connectivity index (χ1) is 12.1. The summed E-state index contributed by atoms with van der Waals surface area (Å²) in [5.74, 6) is 0.0879. The highest BCUT2D eigenvalue weighted by atomic mass is 32.1. The van der Waals surface area contributed by atoms with Crippen molar-refractivity contribution < 1.29 is 9.53 Å². The first-order valence-corrected chi connectivity index (χ1v) is 8.77. The number of carbonyl (C=O) groups excluding carboxylic acids is 1. The van der Waals surface area contributed by atoms with Gasteiger partial charge in [0.1, 0.15) is 5.56 Å². The topological polar surface area (TPSA) is 59.4 Å². The van der Waals surface area contributed by atoms with E-state index >= 15 is 0 Å². The minimum atomic E-state index is -0.401. The van der Waals surface area contributed by atoms with Gasteiger partial charge in [-0.25, -0.2) is 4.79 Å². The molecule has 2 aromatic rings. The van der Waals surface area contributed by atoms with Crippen LogP contribution in [-0.4, -0.2) is 41.1 Å². The lowest BCUT2D eigenvalue weighted by Gasteiger charge is -2.19. The summed E-state index contributed by atoms with van der Waals surface area (Å²) in [6, 6.07) is 9.95. The molecule has 0 unspecified atom stereocenters. The van der Waals surface area contributed by atoms with Gasteiger partial charge in [0, 0.05) is 19.8 Å². The van der Waals surface area contributed by atoms with Crippen LogP contribution in [0.2, 0.25) is 0 Å². The maximum absolute atomic E-state index is 12.3. The number of benzene rings is 1. The Morgan fingerprint density at radius 2 is 2.04 bits per heavy atom. The van der Waals surface area contributed by atoms with Gasteiger partial charge in [-0.15, -0.1) is 0 Å². The number of hydrogen-bond donors (Lipinski definition) is 1. The Labute approximate surface area is 153 Å². The molecule has 0 amide bonds. The fourth-order valence-corrected chi connectivity index (χ4v) is 2.50. The highest BCUT2D eigenvalue weighted by Crippen LogP contribution is 2.19. The molecule has 1 N–H and O–H groups in total. The highest BCUT2D eigenvalue weighted by molar-refractivity contribution is 7.80. The van der Waals surface area contributed by atoms with Gasteiger partial charge in [0.25, 0.3) is 0 Å². The molecule has 0 spiro atoms. The van der Waals surface area contributed by atoms with Crippen LogP contribution in [0.25, 0.3) is 0 Å². The number of anilines is 1. The number of rotatable bonds is 7. The minimum Gasteiger partial charge on any atom is -0.462 e. The Bertz CT molecular complexity index is 715. The summed E-state index contributed by atoms with van der Waals surface area (Å²) in [6.07, 6.45) is 2.67. The second-order valence-corrected chi connectivity index (χ2v) is 5.95. The fraction of sp³-hybridized carbons (Fsp3) is 0.389. The second-order valence-electron chi connectivity index (χ2n) is 5.56. The number of esters is 1. The van der Waals surface area contributed by atoms with E-state index in [1.54, 1.807) is 29.7 Å². The van der Waals surface area contributed by atoms with Crippen molar-refractivity contribution in [1.29, 1.82) is 0 Å². The molecule has 0 radical (unpaired) electrons. The molecule has 0 aliphatic carbocycles. The molecule has 0 fully saturated rings. The molecule has 0 aliphatic rings. The third kappa shape index (κ3) is 5.03. The van der Waals surface area contributed by atoms with Crippen LogP contribution in [0.4, 0.5) is 5.82 Å². The van der Waals surface area contributed by atoms with Gasteiger partial charge in [0.05, 0.1) is 13.2 Å². The molecule has 2 rings (SSSR count). The van der Waals surface area contributed by atoms with Crippen molar-refractivity contribution >= 4 is 29.1 Å². The van der Waals surface area contributed by atoms with Crippen molar-refractivity contribution in [1.82, 2.24) is 15.1 Å². The van der Waals surface area contributed by atoms with Crippen LogP contribution in [0.15, 0.2) is 36.5 Å². The molecular weight excluding hydrogens is 336 g/mol. The van der Waals surface area contributed by atoms with Gasteiger partial charge in [-0.3, -0.25) is 4.68 Å². The Morgan fingerprint density at radius 1 is 1.32 bits per heavy atom. The molecule has 134 valence electrons. The van der Waals surface area contributed by atoms with Crippen LogP contribution in [0.1, 0.15) is 36.2 Å². The number of ether oxygens (including phenoxy) is 1. The molecule has 6 nitrogen and oxygen atoms in total. The molecule has 0 bridgehead atoms. The number of hydrogen-bond acceptors (Lipinski definition) is 4. The summed E-state index contributed by atoms with van der Waals surface area (Å²) in [4.78, 5) is 14.0. The average molecular weight is 360 g/mol. The van der Waals surface area contributed by atoms with Gasteiger partial charge in [0.15, 0.2) is 10.9 Å². The van der Waals surface area contributed by atoms with Crippen molar-refractivity contribution in [2.75, 3.05) is 25.1 Å². The first-order valence-electron chi connectivity index (χ1n) is 8.36. The van der Waals surface area contributed by atoms with Crippen LogP contribution in [0.3, 0.4) is 0 Å². The summed E-state index contributed by atoms with van der Waals surface area (Å²) in [7, 11) is 1.79. The zero-order chi connectivity index (χ0) is 18.2. The first kappa shape index (κ1) is 18.9. The van der Waals surface area contributed by atoms with Crippen molar-refractivity contribution in [2.24, 2.45) is 0 Å². The van der Waals surface area contributed by atoms with Crippen LogP contribution in [0.5, 0.6) is 0 Å². The largest absolute Gasteiger partial charge is 0.462 e. The van der Waals surface area contributed by atoms with E-state index in [9.17, 15) is 4.79 Å². The van der Waals surface area contributed by atoms with E-state index in [0.29, 0.717) is 29.6 Å². The molecular formula is C18H24N4O2S. The molecule has 0 saturated carbocycles. The van der Waals surface area contributed by atoms with Gasteiger partial charge in [-0.1, -0.05) is 37.3 Å². The van der Waals surface area contributed by atoms with Crippen molar-refractivity contribution in [2.45, 2.75) is 26.8 Å². The summed E-state index contributed by atoms with van der Waals surface area (Å²) < 4.78 is 6.89. The van der Waals surface area contributed by atoms with Crippen LogP contribution < -0.4 is 10.2 Å². The predicted octanol–water partition coefficient (Wildman–Crippen LogP) is 2.83. The van der Waals surface area contributed by atoms with Gasteiger partial charge in [0.2, 0.25) is 0 Å². The van der Waals surface area contributed by atoms with Gasteiger partial charge in [-0.05, 0) is 31.1 Å². The van der Waals surface area contributed by atoms with E-state index in [1.807, 2.05) is 30.3 Å². The van der Waals surface area contributed by atoms with Crippen LogP contribution in [-0.2, 0) is 11.3 Å². The Kier molecular flexibility index (Phi) is 6.94. The smallest absolute Gasteiger partial charge is 0.343 e. The third-order valence-electron chi connectivity index (χ3n) is 3.57. The van der Waals surface area contributed by atoms with E-state index in [-0.39, 0.29) is 0 Å². The third-order valence-corrected chi connectivity index (χ3v) is 3.99. The van der Waals surface area contributed by atoms with E-state index in [0.717, 1.165) is 18.5 Å². The number of aromatic nitrogens is 2. The Balaban J connectivity index is 2.28. The number of nitrogens with one attached hydrogen (secondary N) is 1. The second kappa shape index (κ2) is 9.17. The molecule has 7 heteroatoms. The average Bonchev–Trinajstić information content (AvgIpc) is 3.04. The monoisotopic (exact) mass is 360 g/mol. The molecule has 1 heterocycles. The van der Waals surface area contributed by atoms with E-state index in [4.69, 9.17) is 17.0 Å². The fourth-order valence-electron chi connectivity index (χ4n) is 2.31. The zero-order valence-corrected chi connectivity index (χ0v) is 15.7. The lowest BCUT2D eigenvalue weighted by Crippen LogP contribution is -2.38. The summed E-state index contributed by atoms with van der Waals surface area (Å²) in [5.41, 5.74) is 1.50. The molecule has 1 aromatic heterocycles. The van der Waals surface area contributed by atoms with Gasteiger partial charge < -0.3 is 15.0 Å². The van der Waals surface area contributed by atoms with Crippen molar-refractivity contribution in [3.63, 3.8) is 0 Å². The molecule has 1 aromatic carbocycles. The predicted molar refractivity (Wildman–Crippen MR) is 103 cm³/mol. The Hall–Kier alpha value is -2.41. The number of nitrogens with zero attached hydrogens (tertiary/aromatic N) is 3. The quantitative estimate of drug-likeness (QED) is 0.605. The normalized spacial score (nSPS) is 10.4. The zero-order valence-electron chi connectivity index (χ0n) is 14.9. The summed E-state index contributed by atoms with van der Waals surface area (Å²) >= 11 is 5.39. The maximum Gasteiger partial charge on any atom is 0.343 e. The molecule has 0 saturated heterocycles. The highest BCUT2D eigenvalue weighted by Gasteiger charge is 2.22. The van der Waals surface area contributed by atoms with Crippen molar-refractivity contribution in [3.8, 4) is 0 Å². The van der Waals surface area contributed by atoms with E-state index in [1.165, 1.54) is 0 Å². The number of thiocarbonyl (C=S) groups is 1. The summed E-state index contributed by atoms with van der Waals surface area (Å²) in [6.45, 7) is 5.49. The van der Waals surface area contributed by atoms with Crippen LogP contribution in [0, 0.1) is 0 Å². The maximum atomic E-state index is 12.3. The van der Waals surface area contributed by atoms with Crippen molar-refractivity contribution in [3.05, 3.63) is 47.7 Å². The van der Waals surface area contributed by atoms with E-state index < -0.39 is 5.97 Å². The molecule has 0 atom stereocenters. The minimum absolute atomic E-state index is 0.310. The lowest BCUT2D eigenvalue weighted by molar-refractivity contribution is 0.0527.